The lowest BCUT2D eigenvalue weighted by Gasteiger charge is -2.16. The molecule has 0 atom stereocenters. The van der Waals surface area contributed by atoms with E-state index in [9.17, 15) is 13.2 Å². The van der Waals surface area contributed by atoms with Gasteiger partial charge in [-0.25, -0.2) is 0 Å². The number of benzene rings is 4. The molecular weight excluding hydrogens is 471 g/mol. The van der Waals surface area contributed by atoms with Gasteiger partial charge >= 0.3 is 6.18 Å². The normalized spacial score (nSPS) is 12.6. The average Bonchev–Trinajstić information content (AvgIpc) is 2.84. The molecule has 0 bridgehead atoms. The van der Waals surface area contributed by atoms with E-state index in [2.05, 4.69) is 9.98 Å². The Hall–Kier alpha value is -4.19. The number of nitrogens with two attached hydrogens (primary N) is 1. The van der Waals surface area contributed by atoms with E-state index in [1.807, 2.05) is 44.2 Å². The lowest BCUT2D eigenvalue weighted by molar-refractivity contribution is -0.137. The van der Waals surface area contributed by atoms with Gasteiger partial charge in [-0.2, -0.15) is 13.2 Å². The summed E-state index contributed by atoms with van der Waals surface area (Å²) in [5.41, 5.74) is 12.2. The standard InChI is InChI=1S/C31H28F3N3/c1-19-5-7-23(8-6-19)21(3)36-26-13-15-28(20(2)17-26)29-16-14-27(18-30(29)31(32,33)34)37-22(4)24-9-11-25(35)12-10-24/h5-18H,35H2,1-4H3/b36-21+,37-22+. The van der Waals surface area contributed by atoms with Gasteiger partial charge in [-0.1, -0.05) is 54.1 Å². The number of nitrogen functional groups attached to an aromatic ring is 1. The Morgan fingerprint density at radius 3 is 1.65 bits per heavy atom. The van der Waals surface area contributed by atoms with Crippen molar-refractivity contribution in [2.24, 2.45) is 9.98 Å². The van der Waals surface area contributed by atoms with E-state index in [1.165, 1.54) is 6.07 Å². The molecule has 4 aromatic rings. The maximum atomic E-state index is 14.1. The molecule has 0 saturated carbocycles. The Morgan fingerprint density at radius 1 is 0.649 bits per heavy atom. The molecule has 37 heavy (non-hydrogen) atoms. The number of hydrogen-bond acceptors (Lipinski definition) is 3. The highest BCUT2D eigenvalue weighted by Gasteiger charge is 2.34. The second kappa shape index (κ2) is 10.4. The fourth-order valence-corrected chi connectivity index (χ4v) is 4.13. The number of aliphatic imine (C=N–C) groups is 2. The van der Waals surface area contributed by atoms with Crippen LogP contribution in [0.2, 0.25) is 0 Å². The van der Waals surface area contributed by atoms with Crippen molar-refractivity contribution < 1.29 is 13.2 Å². The second-order valence-corrected chi connectivity index (χ2v) is 9.11. The van der Waals surface area contributed by atoms with Crippen LogP contribution in [0.15, 0.2) is 94.9 Å². The van der Waals surface area contributed by atoms with Crippen LogP contribution < -0.4 is 5.73 Å². The van der Waals surface area contributed by atoms with Crippen LogP contribution in [0.5, 0.6) is 0 Å². The molecule has 3 nitrogen and oxygen atoms in total. The van der Waals surface area contributed by atoms with E-state index in [1.54, 1.807) is 56.3 Å². The number of rotatable bonds is 5. The Kier molecular flexibility index (Phi) is 7.30. The first-order valence-electron chi connectivity index (χ1n) is 11.9. The van der Waals surface area contributed by atoms with Crippen molar-refractivity contribution in [1.82, 2.24) is 0 Å². The zero-order chi connectivity index (χ0) is 26.7. The fraction of sp³-hybridized carbons (Fsp3) is 0.161. The molecule has 0 radical (unpaired) electrons. The van der Waals surface area contributed by atoms with Crippen LogP contribution in [0.4, 0.5) is 30.2 Å². The van der Waals surface area contributed by atoms with Crippen molar-refractivity contribution in [2.75, 3.05) is 5.73 Å². The largest absolute Gasteiger partial charge is 0.417 e. The smallest absolute Gasteiger partial charge is 0.399 e. The summed E-state index contributed by atoms with van der Waals surface area (Å²) in [6, 6.07) is 24.6. The quantitative estimate of drug-likeness (QED) is 0.216. The molecule has 0 aliphatic carbocycles. The van der Waals surface area contributed by atoms with Crippen LogP contribution in [-0.4, -0.2) is 11.4 Å². The van der Waals surface area contributed by atoms with Crippen molar-refractivity contribution in [2.45, 2.75) is 33.9 Å². The molecule has 4 rings (SSSR count). The highest BCUT2D eigenvalue weighted by atomic mass is 19.4. The highest BCUT2D eigenvalue weighted by molar-refractivity contribution is 6.01. The predicted octanol–water partition coefficient (Wildman–Crippen LogP) is 8.85. The van der Waals surface area contributed by atoms with E-state index in [-0.39, 0.29) is 11.3 Å². The number of anilines is 1. The lowest BCUT2D eigenvalue weighted by Crippen LogP contribution is -2.07. The van der Waals surface area contributed by atoms with Gasteiger partial charge in [-0.05, 0) is 91.9 Å². The Labute approximate surface area is 215 Å². The predicted molar refractivity (Wildman–Crippen MR) is 147 cm³/mol. The zero-order valence-electron chi connectivity index (χ0n) is 21.2. The van der Waals surface area contributed by atoms with Crippen molar-refractivity contribution in [3.8, 4) is 11.1 Å². The van der Waals surface area contributed by atoms with E-state index in [0.29, 0.717) is 28.2 Å². The summed E-state index contributed by atoms with van der Waals surface area (Å²) in [5, 5.41) is 0. The molecule has 6 heteroatoms. The number of halogens is 3. The molecule has 0 saturated heterocycles. The SMILES string of the molecule is C/C(=N\c1ccc(-c2ccc(/N=C(\C)c3ccc(N)cc3)cc2C(F)(F)F)c(C)c1)c1ccc(C)cc1. The van der Waals surface area contributed by atoms with Gasteiger partial charge in [0.15, 0.2) is 0 Å². The maximum absolute atomic E-state index is 14.1. The van der Waals surface area contributed by atoms with Gasteiger partial charge in [0.1, 0.15) is 0 Å². The molecule has 0 fully saturated rings. The molecule has 188 valence electrons. The molecule has 0 amide bonds. The first-order valence-corrected chi connectivity index (χ1v) is 11.9. The van der Waals surface area contributed by atoms with E-state index in [0.717, 1.165) is 28.5 Å². The van der Waals surface area contributed by atoms with Crippen molar-refractivity contribution in [3.05, 3.63) is 113 Å². The molecule has 2 N–H and O–H groups in total. The van der Waals surface area contributed by atoms with Crippen LogP contribution >= 0.6 is 0 Å². The van der Waals surface area contributed by atoms with Crippen molar-refractivity contribution in [3.63, 3.8) is 0 Å². The molecule has 4 aromatic carbocycles. The molecule has 0 spiro atoms. The van der Waals surface area contributed by atoms with E-state index in [4.69, 9.17) is 5.73 Å². The van der Waals surface area contributed by atoms with Gasteiger partial charge in [-0.15, -0.1) is 0 Å². The van der Waals surface area contributed by atoms with Crippen LogP contribution in [0, 0.1) is 13.8 Å². The third kappa shape index (κ3) is 6.15. The monoisotopic (exact) mass is 499 g/mol. The molecule has 0 aliphatic heterocycles. The maximum Gasteiger partial charge on any atom is 0.417 e. The first-order chi connectivity index (χ1) is 17.5. The summed E-state index contributed by atoms with van der Waals surface area (Å²) in [5.74, 6) is 0. The Balaban J connectivity index is 1.69. The van der Waals surface area contributed by atoms with Gasteiger partial charge < -0.3 is 5.73 Å². The van der Waals surface area contributed by atoms with Crippen LogP contribution in [0.25, 0.3) is 11.1 Å². The number of nitrogens with zero attached hydrogens (tertiary/aromatic N) is 2. The molecule has 0 heterocycles. The Morgan fingerprint density at radius 2 is 1.14 bits per heavy atom. The van der Waals surface area contributed by atoms with Crippen molar-refractivity contribution >= 4 is 28.5 Å². The van der Waals surface area contributed by atoms with E-state index < -0.39 is 11.7 Å². The third-order valence-corrected chi connectivity index (χ3v) is 6.20. The molecule has 0 aliphatic rings. The first kappa shape index (κ1) is 25.9. The number of alkyl halides is 3. The van der Waals surface area contributed by atoms with Crippen molar-refractivity contribution in [1.29, 1.82) is 0 Å². The molecular formula is C31H28F3N3. The summed E-state index contributed by atoms with van der Waals surface area (Å²) in [7, 11) is 0. The number of hydrogen-bond donors (Lipinski definition) is 1. The van der Waals surface area contributed by atoms with Gasteiger partial charge in [0.05, 0.1) is 16.9 Å². The number of aryl methyl sites for hydroxylation is 2. The second-order valence-electron chi connectivity index (χ2n) is 9.11. The lowest BCUT2D eigenvalue weighted by atomic mass is 9.94. The average molecular weight is 500 g/mol. The highest BCUT2D eigenvalue weighted by Crippen LogP contribution is 2.41. The third-order valence-electron chi connectivity index (χ3n) is 6.20. The molecule has 0 unspecified atom stereocenters. The van der Waals surface area contributed by atoms with Crippen LogP contribution in [0.3, 0.4) is 0 Å². The van der Waals surface area contributed by atoms with Crippen LogP contribution in [0.1, 0.15) is 41.7 Å². The fourth-order valence-electron chi connectivity index (χ4n) is 4.13. The van der Waals surface area contributed by atoms with E-state index >= 15 is 0 Å². The molecule has 0 aromatic heterocycles. The summed E-state index contributed by atoms with van der Waals surface area (Å²) in [6.45, 7) is 7.50. The van der Waals surface area contributed by atoms with Gasteiger partial charge in [0.2, 0.25) is 0 Å². The van der Waals surface area contributed by atoms with Gasteiger partial charge in [0.25, 0.3) is 0 Å². The van der Waals surface area contributed by atoms with Crippen LogP contribution in [-0.2, 0) is 6.18 Å². The summed E-state index contributed by atoms with van der Waals surface area (Å²) < 4.78 is 42.4. The van der Waals surface area contributed by atoms with Gasteiger partial charge in [0, 0.05) is 17.1 Å². The summed E-state index contributed by atoms with van der Waals surface area (Å²) in [6.07, 6.45) is -4.54. The minimum atomic E-state index is -4.54. The zero-order valence-corrected chi connectivity index (χ0v) is 21.2. The van der Waals surface area contributed by atoms with Gasteiger partial charge in [-0.3, -0.25) is 9.98 Å². The summed E-state index contributed by atoms with van der Waals surface area (Å²) in [4.78, 5) is 9.10. The Bertz CT molecular complexity index is 1480. The minimum Gasteiger partial charge on any atom is -0.399 e. The topological polar surface area (TPSA) is 50.7 Å². The minimum absolute atomic E-state index is 0.111. The summed E-state index contributed by atoms with van der Waals surface area (Å²) >= 11 is 0.